The molecule has 0 aliphatic rings. The van der Waals surface area contributed by atoms with Crippen molar-refractivity contribution >= 4 is 10.9 Å². The van der Waals surface area contributed by atoms with E-state index in [1.165, 1.54) is 18.5 Å². The third kappa shape index (κ3) is 1.74. The highest BCUT2D eigenvalue weighted by atomic mass is 16.3. The van der Waals surface area contributed by atoms with Crippen molar-refractivity contribution in [3.8, 4) is 5.75 Å². The van der Waals surface area contributed by atoms with E-state index in [4.69, 9.17) is 0 Å². The first-order chi connectivity index (χ1) is 6.79. The average molecular weight is 189 g/mol. The molecule has 2 N–H and O–H groups in total. The highest BCUT2D eigenvalue weighted by Crippen LogP contribution is 2.21. The molecule has 2 rings (SSSR count). The van der Waals surface area contributed by atoms with Gasteiger partial charge < -0.3 is 10.1 Å². The number of nitrogens with one attached hydrogen (secondary N) is 1. The molecule has 0 aliphatic carbocycles. The minimum absolute atomic E-state index is 0.332. The van der Waals surface area contributed by atoms with Gasteiger partial charge in [0, 0.05) is 16.6 Å². The molecule has 1 aromatic carbocycles. The second-order valence-corrected chi connectivity index (χ2v) is 3.67. The van der Waals surface area contributed by atoms with Crippen LogP contribution < -0.4 is 0 Å². The van der Waals surface area contributed by atoms with Crippen LogP contribution in [0.3, 0.4) is 0 Å². The second-order valence-electron chi connectivity index (χ2n) is 3.67. The van der Waals surface area contributed by atoms with Gasteiger partial charge in [0.2, 0.25) is 0 Å². The lowest BCUT2D eigenvalue weighted by Crippen LogP contribution is -1.82. The number of rotatable bonds is 3. The number of hydrogen-bond donors (Lipinski definition) is 2. The number of aromatic amines is 1. The minimum Gasteiger partial charge on any atom is -0.508 e. The summed E-state index contributed by atoms with van der Waals surface area (Å²) in [5.41, 5.74) is 2.36. The lowest BCUT2D eigenvalue weighted by Gasteiger charge is -1.92. The van der Waals surface area contributed by atoms with E-state index in [0.29, 0.717) is 5.75 Å². The van der Waals surface area contributed by atoms with E-state index < -0.39 is 0 Å². The molecule has 14 heavy (non-hydrogen) atoms. The average Bonchev–Trinajstić information content (AvgIpc) is 2.56. The first kappa shape index (κ1) is 9.13. The number of unbranched alkanes of at least 4 members (excludes halogenated alkanes) is 1. The van der Waals surface area contributed by atoms with Crippen LogP contribution in [-0.2, 0) is 6.42 Å². The summed E-state index contributed by atoms with van der Waals surface area (Å²) < 4.78 is 0. The molecule has 0 spiro atoms. The molecule has 0 fully saturated rings. The largest absolute Gasteiger partial charge is 0.508 e. The van der Waals surface area contributed by atoms with Gasteiger partial charge in [-0.15, -0.1) is 0 Å². The molecule has 0 saturated heterocycles. The fourth-order valence-electron chi connectivity index (χ4n) is 1.68. The number of phenols is 1. The van der Waals surface area contributed by atoms with Crippen molar-refractivity contribution < 1.29 is 5.11 Å². The summed E-state index contributed by atoms with van der Waals surface area (Å²) in [6, 6.07) is 7.54. The van der Waals surface area contributed by atoms with E-state index in [-0.39, 0.29) is 0 Å². The van der Waals surface area contributed by atoms with Crippen molar-refractivity contribution in [2.24, 2.45) is 0 Å². The number of H-pyrrole nitrogens is 1. The van der Waals surface area contributed by atoms with Gasteiger partial charge in [-0.3, -0.25) is 0 Å². The number of aromatic hydroxyl groups is 1. The molecular formula is C12H15NO. The summed E-state index contributed by atoms with van der Waals surface area (Å²) in [6.07, 6.45) is 3.51. The molecule has 74 valence electrons. The van der Waals surface area contributed by atoms with E-state index >= 15 is 0 Å². The monoisotopic (exact) mass is 189 g/mol. The summed E-state index contributed by atoms with van der Waals surface area (Å²) >= 11 is 0. The molecule has 0 atom stereocenters. The summed E-state index contributed by atoms with van der Waals surface area (Å²) in [7, 11) is 0. The Morgan fingerprint density at radius 1 is 1.29 bits per heavy atom. The fourth-order valence-corrected chi connectivity index (χ4v) is 1.68. The van der Waals surface area contributed by atoms with Gasteiger partial charge >= 0.3 is 0 Å². The Balaban J connectivity index is 2.32. The van der Waals surface area contributed by atoms with Crippen LogP contribution in [0.5, 0.6) is 5.75 Å². The van der Waals surface area contributed by atoms with Gasteiger partial charge in [0.15, 0.2) is 0 Å². The standard InChI is InChI=1S/C12H15NO/c1-2-3-4-10-7-9-8-11(14)5-6-12(9)13-10/h5-8,13-14H,2-4H2,1H3. The molecule has 0 amide bonds. The lowest BCUT2D eigenvalue weighted by molar-refractivity contribution is 0.476. The Labute approximate surface area is 83.6 Å². The van der Waals surface area contributed by atoms with Gasteiger partial charge in [0.1, 0.15) is 5.75 Å². The SMILES string of the molecule is CCCCc1cc2cc(O)ccc2[nH]1. The second kappa shape index (κ2) is 3.74. The number of fused-ring (bicyclic) bond motifs is 1. The first-order valence-electron chi connectivity index (χ1n) is 5.10. The molecule has 0 aliphatic heterocycles. The molecular weight excluding hydrogens is 174 g/mol. The highest BCUT2D eigenvalue weighted by molar-refractivity contribution is 5.81. The molecule has 2 heteroatoms. The Morgan fingerprint density at radius 3 is 2.93 bits per heavy atom. The Bertz CT molecular complexity index is 431. The van der Waals surface area contributed by atoms with Gasteiger partial charge in [0.25, 0.3) is 0 Å². The minimum atomic E-state index is 0.332. The van der Waals surface area contributed by atoms with Crippen LogP contribution in [0.25, 0.3) is 10.9 Å². The van der Waals surface area contributed by atoms with Crippen molar-refractivity contribution in [2.45, 2.75) is 26.2 Å². The first-order valence-corrected chi connectivity index (χ1v) is 5.10. The maximum atomic E-state index is 9.30. The summed E-state index contributed by atoms with van der Waals surface area (Å²) in [5, 5.41) is 10.4. The summed E-state index contributed by atoms with van der Waals surface area (Å²) in [5.74, 6) is 0.332. The van der Waals surface area contributed by atoms with Gasteiger partial charge in [-0.05, 0) is 37.1 Å². The highest BCUT2D eigenvalue weighted by Gasteiger charge is 2.00. The quantitative estimate of drug-likeness (QED) is 0.764. The molecule has 1 aromatic heterocycles. The predicted molar refractivity (Wildman–Crippen MR) is 58.6 cm³/mol. The number of aryl methyl sites for hydroxylation is 1. The van der Waals surface area contributed by atoms with Crippen LogP contribution in [0.4, 0.5) is 0 Å². The van der Waals surface area contributed by atoms with Crippen LogP contribution in [-0.4, -0.2) is 10.1 Å². The zero-order chi connectivity index (χ0) is 9.97. The zero-order valence-corrected chi connectivity index (χ0v) is 8.38. The molecule has 2 aromatic rings. The Hall–Kier alpha value is -1.44. The van der Waals surface area contributed by atoms with E-state index in [1.807, 2.05) is 6.07 Å². The summed E-state index contributed by atoms with van der Waals surface area (Å²) in [6.45, 7) is 2.19. The van der Waals surface area contributed by atoms with Gasteiger partial charge in [-0.25, -0.2) is 0 Å². The smallest absolute Gasteiger partial charge is 0.116 e. The van der Waals surface area contributed by atoms with Crippen LogP contribution in [0.15, 0.2) is 24.3 Å². The molecule has 0 radical (unpaired) electrons. The molecule has 0 unspecified atom stereocenters. The maximum absolute atomic E-state index is 9.30. The van der Waals surface area contributed by atoms with Crippen LogP contribution in [0.2, 0.25) is 0 Å². The van der Waals surface area contributed by atoms with E-state index in [0.717, 1.165) is 17.3 Å². The van der Waals surface area contributed by atoms with Gasteiger partial charge in [0.05, 0.1) is 0 Å². The van der Waals surface area contributed by atoms with E-state index in [2.05, 4.69) is 18.0 Å². The number of aromatic nitrogens is 1. The van der Waals surface area contributed by atoms with Crippen LogP contribution in [0.1, 0.15) is 25.5 Å². The third-order valence-corrected chi connectivity index (χ3v) is 2.46. The van der Waals surface area contributed by atoms with Crippen LogP contribution in [0, 0.1) is 0 Å². The molecule has 2 nitrogen and oxygen atoms in total. The Kier molecular flexibility index (Phi) is 2.44. The number of phenolic OH excluding ortho intramolecular Hbond substituents is 1. The Morgan fingerprint density at radius 2 is 2.14 bits per heavy atom. The molecule has 0 bridgehead atoms. The number of hydrogen-bond acceptors (Lipinski definition) is 1. The van der Waals surface area contributed by atoms with Gasteiger partial charge in [-0.2, -0.15) is 0 Å². The van der Waals surface area contributed by atoms with Crippen molar-refractivity contribution in [2.75, 3.05) is 0 Å². The predicted octanol–water partition coefficient (Wildman–Crippen LogP) is 3.22. The van der Waals surface area contributed by atoms with Crippen molar-refractivity contribution in [1.82, 2.24) is 4.98 Å². The van der Waals surface area contributed by atoms with E-state index in [9.17, 15) is 5.11 Å². The van der Waals surface area contributed by atoms with Gasteiger partial charge in [-0.1, -0.05) is 13.3 Å². The topological polar surface area (TPSA) is 36.0 Å². The zero-order valence-electron chi connectivity index (χ0n) is 8.38. The lowest BCUT2D eigenvalue weighted by atomic mass is 10.2. The van der Waals surface area contributed by atoms with Crippen molar-refractivity contribution in [1.29, 1.82) is 0 Å². The molecule has 0 saturated carbocycles. The fraction of sp³-hybridized carbons (Fsp3) is 0.333. The number of benzene rings is 1. The van der Waals surface area contributed by atoms with Crippen molar-refractivity contribution in [3.63, 3.8) is 0 Å². The maximum Gasteiger partial charge on any atom is 0.116 e. The van der Waals surface area contributed by atoms with Crippen LogP contribution >= 0.6 is 0 Å². The third-order valence-electron chi connectivity index (χ3n) is 2.46. The molecule has 1 heterocycles. The van der Waals surface area contributed by atoms with E-state index in [1.54, 1.807) is 12.1 Å². The summed E-state index contributed by atoms with van der Waals surface area (Å²) in [4.78, 5) is 3.35. The normalized spacial score (nSPS) is 10.9. The van der Waals surface area contributed by atoms with Crippen molar-refractivity contribution in [3.05, 3.63) is 30.0 Å².